The number of aliphatic imine (C=N–C) groups is 1. The fourth-order valence-corrected chi connectivity index (χ4v) is 6.69. The number of nitrogens with zero attached hydrogens (tertiary/aromatic N) is 3. The van der Waals surface area contributed by atoms with Gasteiger partial charge in [-0.25, -0.2) is 4.98 Å². The Bertz CT molecular complexity index is 1590. The van der Waals surface area contributed by atoms with E-state index >= 15 is 0 Å². The number of pyridine rings is 1. The zero-order chi connectivity index (χ0) is 31.6. The Morgan fingerprint density at radius 2 is 1.70 bits per heavy atom. The lowest BCUT2D eigenvalue weighted by atomic mass is 9.69. The minimum Gasteiger partial charge on any atom is -0.481 e. The monoisotopic (exact) mass is 614 g/mol. The summed E-state index contributed by atoms with van der Waals surface area (Å²) in [6, 6.07) is 18.4. The lowest BCUT2D eigenvalue weighted by Gasteiger charge is -2.46. The highest BCUT2D eigenvalue weighted by atomic mass is 35.5. The lowest BCUT2D eigenvalue weighted by Crippen LogP contribution is -2.50. The topological polar surface area (TPSA) is 112 Å². The number of hydrogen-bond donors (Lipinski definition) is 2. The molecule has 0 bridgehead atoms. The van der Waals surface area contributed by atoms with E-state index in [1.165, 1.54) is 0 Å². The van der Waals surface area contributed by atoms with E-state index in [2.05, 4.69) is 31.1 Å². The second kappa shape index (κ2) is 12.5. The number of halogens is 1. The summed E-state index contributed by atoms with van der Waals surface area (Å²) in [6.07, 6.45) is 5.03. The van der Waals surface area contributed by atoms with Crippen molar-refractivity contribution in [3.63, 3.8) is 0 Å². The number of benzene rings is 2. The normalized spacial score (nSPS) is 20.8. The van der Waals surface area contributed by atoms with Crippen LogP contribution in [0.25, 0.3) is 11.1 Å². The van der Waals surface area contributed by atoms with Gasteiger partial charge in [0.05, 0.1) is 12.5 Å². The van der Waals surface area contributed by atoms with Gasteiger partial charge in [0.1, 0.15) is 16.5 Å². The molecular weight excluding hydrogens is 576 g/mol. The maximum absolute atomic E-state index is 14.4. The average Bonchev–Trinajstić information content (AvgIpc) is 3.27. The van der Waals surface area contributed by atoms with Gasteiger partial charge in [-0.2, -0.15) is 0 Å². The first kappa shape index (κ1) is 31.4. The summed E-state index contributed by atoms with van der Waals surface area (Å²) >= 11 is 6.16. The Morgan fingerprint density at radius 3 is 2.34 bits per heavy atom. The SMILES string of the molecule is C[C@H](c1ccc(C(=O)NCCC(=O)O)cc1)N1C(=O)C(c2cccc(-c3ccnc(Cl)c3)c2)=NC12CCC(C(C)(C)C)CC2. The molecule has 1 atom stereocenters. The minimum atomic E-state index is -0.967. The molecule has 1 aromatic heterocycles. The number of aliphatic carboxylic acids is 1. The molecule has 0 unspecified atom stereocenters. The molecule has 1 saturated carbocycles. The highest BCUT2D eigenvalue weighted by Crippen LogP contribution is 2.49. The summed E-state index contributed by atoms with van der Waals surface area (Å²) < 4.78 is 0. The van der Waals surface area contributed by atoms with Gasteiger partial charge >= 0.3 is 5.97 Å². The predicted octanol–water partition coefficient (Wildman–Crippen LogP) is 6.93. The van der Waals surface area contributed by atoms with Crippen LogP contribution in [0.1, 0.15) is 87.3 Å². The van der Waals surface area contributed by atoms with Gasteiger partial charge in [-0.3, -0.25) is 19.4 Å². The van der Waals surface area contributed by atoms with Gasteiger partial charge in [0, 0.05) is 23.9 Å². The predicted molar refractivity (Wildman–Crippen MR) is 172 cm³/mol. The number of rotatable bonds is 8. The smallest absolute Gasteiger partial charge is 0.305 e. The molecule has 2 aromatic carbocycles. The zero-order valence-corrected chi connectivity index (χ0v) is 26.4. The van der Waals surface area contributed by atoms with Crippen LogP contribution < -0.4 is 5.32 Å². The van der Waals surface area contributed by atoms with Gasteiger partial charge in [0.15, 0.2) is 0 Å². The molecule has 2 heterocycles. The molecule has 2 N–H and O–H groups in total. The van der Waals surface area contributed by atoms with E-state index in [9.17, 15) is 14.4 Å². The van der Waals surface area contributed by atoms with Gasteiger partial charge in [-0.15, -0.1) is 0 Å². The van der Waals surface area contributed by atoms with E-state index in [1.54, 1.807) is 24.4 Å². The Hall–Kier alpha value is -4.04. The standard InChI is InChI=1S/C35H39ClN4O4/c1-22(23-8-10-24(11-9-23)32(43)38-19-15-30(41)42)40-33(44)31(39-35(40)16-12-28(13-17-35)34(2,3)4)27-7-5-6-25(20-27)26-14-18-37-29(36)21-26/h5-11,14,18,20-22,28H,12-13,15-17,19H2,1-4H3,(H,38,43)(H,41,42)/t22-,28?,35?/m1/s1. The number of amides is 2. The van der Waals surface area contributed by atoms with Gasteiger partial charge in [-0.1, -0.05) is 62.7 Å². The third kappa shape index (κ3) is 6.55. The second-order valence-electron chi connectivity index (χ2n) is 12.9. The zero-order valence-electron chi connectivity index (χ0n) is 25.6. The molecule has 8 nitrogen and oxygen atoms in total. The minimum absolute atomic E-state index is 0.0577. The molecular formula is C35H39ClN4O4. The van der Waals surface area contributed by atoms with Crippen molar-refractivity contribution in [2.24, 2.45) is 16.3 Å². The van der Waals surface area contributed by atoms with Crippen molar-refractivity contribution in [1.29, 1.82) is 0 Å². The fourth-order valence-electron chi connectivity index (χ4n) is 6.51. The Morgan fingerprint density at radius 1 is 1.05 bits per heavy atom. The molecule has 230 valence electrons. The average molecular weight is 615 g/mol. The van der Waals surface area contributed by atoms with Crippen molar-refractivity contribution in [2.45, 2.75) is 71.5 Å². The second-order valence-corrected chi connectivity index (χ2v) is 13.3. The molecule has 1 fully saturated rings. The highest BCUT2D eigenvalue weighted by Gasteiger charge is 2.52. The summed E-state index contributed by atoms with van der Waals surface area (Å²) in [4.78, 5) is 49.0. The van der Waals surface area contributed by atoms with Crippen LogP contribution in [0.2, 0.25) is 5.15 Å². The van der Waals surface area contributed by atoms with E-state index in [-0.39, 0.29) is 36.2 Å². The number of aromatic nitrogens is 1. The van der Waals surface area contributed by atoms with Crippen molar-refractivity contribution in [3.8, 4) is 11.1 Å². The molecule has 5 rings (SSSR count). The number of carbonyl (C=O) groups is 3. The number of nitrogens with one attached hydrogen (secondary N) is 1. The van der Waals surface area contributed by atoms with E-state index < -0.39 is 11.6 Å². The maximum Gasteiger partial charge on any atom is 0.305 e. The number of carbonyl (C=O) groups excluding carboxylic acids is 2. The maximum atomic E-state index is 14.4. The first-order valence-electron chi connectivity index (χ1n) is 15.1. The number of carboxylic acid groups (broad SMARTS) is 1. The van der Waals surface area contributed by atoms with Crippen molar-refractivity contribution < 1.29 is 19.5 Å². The Labute approximate surface area is 263 Å². The van der Waals surface area contributed by atoms with Crippen LogP contribution in [0.5, 0.6) is 0 Å². The van der Waals surface area contributed by atoms with Gasteiger partial charge in [0.2, 0.25) is 0 Å². The first-order chi connectivity index (χ1) is 20.9. The molecule has 9 heteroatoms. The molecule has 1 aliphatic carbocycles. The summed E-state index contributed by atoms with van der Waals surface area (Å²) in [5.74, 6) is -0.864. The fraction of sp³-hybridized carbons (Fsp3) is 0.400. The summed E-state index contributed by atoms with van der Waals surface area (Å²) in [5.41, 5.74) is 3.92. The lowest BCUT2D eigenvalue weighted by molar-refractivity contribution is -0.137. The quantitative estimate of drug-likeness (QED) is 0.267. The van der Waals surface area contributed by atoms with Crippen LogP contribution in [0.3, 0.4) is 0 Å². The van der Waals surface area contributed by atoms with Crippen LogP contribution in [0, 0.1) is 11.3 Å². The molecule has 2 aliphatic rings. The summed E-state index contributed by atoms with van der Waals surface area (Å²) in [7, 11) is 0. The Kier molecular flexibility index (Phi) is 8.93. The number of carboxylic acids is 1. The molecule has 3 aromatic rings. The van der Waals surface area contributed by atoms with E-state index in [0.29, 0.717) is 22.3 Å². The molecule has 0 radical (unpaired) electrons. The molecule has 1 spiro atoms. The molecule has 0 saturated heterocycles. The van der Waals surface area contributed by atoms with Gasteiger partial charge in [0.25, 0.3) is 11.8 Å². The number of hydrogen-bond acceptors (Lipinski definition) is 5. The summed E-state index contributed by atoms with van der Waals surface area (Å²) in [5, 5.41) is 11.9. The van der Waals surface area contributed by atoms with Gasteiger partial charge < -0.3 is 15.3 Å². The molecule has 2 amide bonds. The largest absolute Gasteiger partial charge is 0.481 e. The van der Waals surface area contributed by atoms with Crippen LogP contribution in [0.4, 0.5) is 0 Å². The van der Waals surface area contributed by atoms with Gasteiger partial charge in [-0.05, 0) is 91.0 Å². The van der Waals surface area contributed by atoms with Crippen molar-refractivity contribution in [3.05, 3.63) is 88.7 Å². The van der Waals surface area contributed by atoms with E-state index in [1.807, 2.05) is 54.3 Å². The van der Waals surface area contributed by atoms with Crippen LogP contribution >= 0.6 is 11.6 Å². The molecule has 1 aliphatic heterocycles. The van der Waals surface area contributed by atoms with E-state index in [4.69, 9.17) is 21.7 Å². The van der Waals surface area contributed by atoms with Crippen LogP contribution in [0.15, 0.2) is 71.9 Å². The van der Waals surface area contributed by atoms with Crippen LogP contribution in [-0.2, 0) is 9.59 Å². The Balaban J connectivity index is 1.45. The summed E-state index contributed by atoms with van der Waals surface area (Å²) in [6.45, 7) is 8.91. The van der Waals surface area contributed by atoms with Crippen molar-refractivity contribution in [1.82, 2.24) is 15.2 Å². The van der Waals surface area contributed by atoms with Crippen LogP contribution in [-0.4, -0.2) is 50.7 Å². The van der Waals surface area contributed by atoms with E-state index in [0.717, 1.165) is 47.9 Å². The third-order valence-electron chi connectivity index (χ3n) is 9.06. The van der Waals surface area contributed by atoms with Crippen molar-refractivity contribution in [2.75, 3.05) is 6.54 Å². The molecule has 44 heavy (non-hydrogen) atoms. The third-order valence-corrected chi connectivity index (χ3v) is 9.27. The first-order valence-corrected chi connectivity index (χ1v) is 15.5. The van der Waals surface area contributed by atoms with Crippen molar-refractivity contribution >= 4 is 35.1 Å². The highest BCUT2D eigenvalue weighted by molar-refractivity contribution is 6.47.